The molecule has 0 N–H and O–H groups in total. The molecule has 4 aliphatic rings. The minimum atomic E-state index is 0.239. The molecule has 5 rings (SSSR count). The maximum absolute atomic E-state index is 6.29. The highest BCUT2D eigenvalue weighted by Crippen LogP contribution is 2.71. The lowest BCUT2D eigenvalue weighted by atomic mass is 9.60. The Morgan fingerprint density at radius 2 is 2.10 bits per heavy atom. The molecule has 1 aromatic carbocycles. The van der Waals surface area contributed by atoms with Crippen molar-refractivity contribution in [2.75, 3.05) is 7.11 Å². The maximum Gasteiger partial charge on any atom is 0.119 e. The first-order chi connectivity index (χ1) is 10.2. The Balaban J connectivity index is 1.51. The van der Waals surface area contributed by atoms with E-state index < -0.39 is 0 Å². The molecule has 2 saturated carbocycles. The van der Waals surface area contributed by atoms with E-state index in [4.69, 9.17) is 9.47 Å². The predicted octanol–water partition coefficient (Wildman–Crippen LogP) is 4.07. The summed E-state index contributed by atoms with van der Waals surface area (Å²) in [6.07, 6.45) is 7.84. The van der Waals surface area contributed by atoms with Gasteiger partial charge in [-0.2, -0.15) is 0 Å². The van der Waals surface area contributed by atoms with Crippen molar-refractivity contribution in [3.63, 3.8) is 0 Å². The van der Waals surface area contributed by atoms with Crippen LogP contribution in [0.2, 0.25) is 0 Å². The number of ether oxygens (including phenoxy) is 2. The third-order valence-corrected chi connectivity index (χ3v) is 7.15. The average Bonchev–Trinajstić information content (AvgIpc) is 2.99. The summed E-state index contributed by atoms with van der Waals surface area (Å²) in [6.45, 7) is 2.36. The highest BCUT2D eigenvalue weighted by Gasteiger charge is 2.76. The van der Waals surface area contributed by atoms with Crippen molar-refractivity contribution in [3.8, 4) is 5.75 Å². The van der Waals surface area contributed by atoms with E-state index in [0.29, 0.717) is 0 Å². The van der Waals surface area contributed by atoms with Crippen LogP contribution in [-0.2, 0) is 11.2 Å². The van der Waals surface area contributed by atoms with Gasteiger partial charge in [0.25, 0.3) is 0 Å². The smallest absolute Gasteiger partial charge is 0.119 e. The van der Waals surface area contributed by atoms with Gasteiger partial charge in [0.15, 0.2) is 0 Å². The molecule has 3 aliphatic carbocycles. The summed E-state index contributed by atoms with van der Waals surface area (Å²) < 4.78 is 11.7. The Morgan fingerprint density at radius 1 is 1.19 bits per heavy atom. The molecule has 1 heterocycles. The van der Waals surface area contributed by atoms with E-state index in [0.717, 1.165) is 23.5 Å². The van der Waals surface area contributed by atoms with Gasteiger partial charge < -0.3 is 9.47 Å². The van der Waals surface area contributed by atoms with Crippen molar-refractivity contribution >= 4 is 0 Å². The van der Waals surface area contributed by atoms with Gasteiger partial charge in [-0.05, 0) is 86.5 Å². The zero-order chi connectivity index (χ0) is 14.2. The maximum atomic E-state index is 6.29. The topological polar surface area (TPSA) is 21.8 Å². The van der Waals surface area contributed by atoms with Crippen molar-refractivity contribution in [1.82, 2.24) is 0 Å². The monoisotopic (exact) mass is 284 g/mol. The summed E-state index contributed by atoms with van der Waals surface area (Å²) in [6, 6.07) is 6.76. The fourth-order valence-corrected chi connectivity index (χ4v) is 6.09. The molecule has 1 saturated heterocycles. The van der Waals surface area contributed by atoms with Crippen molar-refractivity contribution < 1.29 is 9.47 Å². The molecule has 1 unspecified atom stereocenters. The molecular formula is C19H24O2. The van der Waals surface area contributed by atoms with Crippen LogP contribution in [0.1, 0.15) is 56.1 Å². The molecule has 0 bridgehead atoms. The molecule has 0 amide bonds. The molecule has 1 aliphatic heterocycles. The van der Waals surface area contributed by atoms with E-state index in [1.165, 1.54) is 44.1 Å². The van der Waals surface area contributed by atoms with Crippen LogP contribution in [0.15, 0.2) is 18.2 Å². The fourth-order valence-electron chi connectivity index (χ4n) is 6.09. The highest BCUT2D eigenvalue weighted by atomic mass is 16.6. The number of methoxy groups -OCH3 is 1. The molecule has 2 nitrogen and oxygen atoms in total. The van der Waals surface area contributed by atoms with E-state index >= 15 is 0 Å². The highest BCUT2D eigenvalue weighted by molar-refractivity contribution is 5.41. The molecule has 3 fully saturated rings. The van der Waals surface area contributed by atoms with Gasteiger partial charge in [0.05, 0.1) is 12.7 Å². The summed E-state index contributed by atoms with van der Waals surface area (Å²) in [5, 5.41) is 0. The second-order valence-electron chi connectivity index (χ2n) is 7.78. The van der Waals surface area contributed by atoms with E-state index in [1.807, 2.05) is 0 Å². The standard InChI is InChI=1S/C19H24O2/c1-18-9-8-17-16-5-3-12-11-13(20-2)4-6-14(12)15(16)7-10-19(17,18)21-18/h4,6,11,15-17H,3,5,7-10H2,1-2H3/t15-,16-,17+,18+,19?/m1/s1. The number of hydrogen-bond acceptors (Lipinski definition) is 2. The van der Waals surface area contributed by atoms with Gasteiger partial charge in [0.2, 0.25) is 0 Å². The zero-order valence-electron chi connectivity index (χ0n) is 13.0. The largest absolute Gasteiger partial charge is 0.497 e. The van der Waals surface area contributed by atoms with E-state index in [2.05, 4.69) is 25.1 Å². The molecule has 5 atom stereocenters. The number of hydrogen-bond donors (Lipinski definition) is 0. The summed E-state index contributed by atoms with van der Waals surface area (Å²) in [7, 11) is 1.77. The minimum absolute atomic E-state index is 0.239. The van der Waals surface area contributed by atoms with Crippen molar-refractivity contribution in [3.05, 3.63) is 29.3 Å². The Bertz CT molecular complexity index is 610. The van der Waals surface area contributed by atoms with E-state index in [9.17, 15) is 0 Å². The number of epoxide rings is 1. The Hall–Kier alpha value is -1.02. The first kappa shape index (κ1) is 12.5. The number of fused-ring (bicyclic) bond motifs is 4. The van der Waals surface area contributed by atoms with Gasteiger partial charge >= 0.3 is 0 Å². The lowest BCUT2D eigenvalue weighted by Gasteiger charge is -2.44. The van der Waals surface area contributed by atoms with Crippen LogP contribution in [-0.4, -0.2) is 18.3 Å². The van der Waals surface area contributed by atoms with Crippen LogP contribution in [0, 0.1) is 11.8 Å². The summed E-state index contributed by atoms with van der Waals surface area (Å²) in [4.78, 5) is 0. The molecule has 112 valence electrons. The molecule has 21 heavy (non-hydrogen) atoms. The summed E-state index contributed by atoms with van der Waals surface area (Å²) >= 11 is 0. The fraction of sp³-hybridized carbons (Fsp3) is 0.684. The van der Waals surface area contributed by atoms with Gasteiger partial charge in [0, 0.05) is 0 Å². The number of aryl methyl sites for hydroxylation is 1. The van der Waals surface area contributed by atoms with Gasteiger partial charge in [-0.25, -0.2) is 0 Å². The van der Waals surface area contributed by atoms with E-state index in [-0.39, 0.29) is 11.2 Å². The van der Waals surface area contributed by atoms with Crippen LogP contribution >= 0.6 is 0 Å². The average molecular weight is 284 g/mol. The lowest BCUT2D eigenvalue weighted by Crippen LogP contribution is -2.41. The third kappa shape index (κ3) is 1.42. The van der Waals surface area contributed by atoms with Gasteiger partial charge in [0.1, 0.15) is 11.4 Å². The Morgan fingerprint density at radius 3 is 2.90 bits per heavy atom. The minimum Gasteiger partial charge on any atom is -0.497 e. The predicted molar refractivity (Wildman–Crippen MR) is 81.7 cm³/mol. The summed E-state index contributed by atoms with van der Waals surface area (Å²) in [5.41, 5.74) is 3.65. The van der Waals surface area contributed by atoms with Crippen LogP contribution in [0.25, 0.3) is 0 Å². The molecule has 1 spiro atoms. The van der Waals surface area contributed by atoms with Crippen molar-refractivity contribution in [2.45, 2.75) is 62.6 Å². The molecular weight excluding hydrogens is 260 g/mol. The molecule has 2 heteroatoms. The zero-order valence-corrected chi connectivity index (χ0v) is 13.0. The SMILES string of the molecule is COc1ccc2c(c1)CC[C@@H]1[C@@H]2CCC23O[C@@]2(C)CC[C@@H]13. The molecule has 0 aromatic heterocycles. The molecule has 0 radical (unpaired) electrons. The van der Waals surface area contributed by atoms with Crippen LogP contribution in [0.4, 0.5) is 0 Å². The van der Waals surface area contributed by atoms with Crippen LogP contribution in [0.5, 0.6) is 5.75 Å². The normalized spacial score (nSPS) is 46.1. The first-order valence-corrected chi connectivity index (χ1v) is 8.54. The van der Waals surface area contributed by atoms with Crippen LogP contribution in [0.3, 0.4) is 0 Å². The quantitative estimate of drug-likeness (QED) is 0.725. The second-order valence-corrected chi connectivity index (χ2v) is 7.78. The Kier molecular flexibility index (Phi) is 2.29. The Labute approximate surface area is 126 Å². The van der Waals surface area contributed by atoms with E-state index in [1.54, 1.807) is 12.7 Å². The second kappa shape index (κ2) is 3.84. The lowest BCUT2D eigenvalue weighted by molar-refractivity contribution is 0.0632. The van der Waals surface area contributed by atoms with Crippen molar-refractivity contribution in [1.29, 1.82) is 0 Å². The van der Waals surface area contributed by atoms with Crippen LogP contribution < -0.4 is 4.74 Å². The first-order valence-electron chi connectivity index (χ1n) is 8.54. The number of rotatable bonds is 1. The van der Waals surface area contributed by atoms with Crippen molar-refractivity contribution in [2.24, 2.45) is 11.8 Å². The van der Waals surface area contributed by atoms with Gasteiger partial charge in [-0.15, -0.1) is 0 Å². The van der Waals surface area contributed by atoms with Gasteiger partial charge in [-0.3, -0.25) is 0 Å². The summed E-state index contributed by atoms with van der Waals surface area (Å²) in [5.74, 6) is 3.45. The van der Waals surface area contributed by atoms with Gasteiger partial charge in [-0.1, -0.05) is 6.07 Å². The number of benzene rings is 1. The third-order valence-electron chi connectivity index (χ3n) is 7.15. The molecule has 1 aromatic rings.